The van der Waals surface area contributed by atoms with Crippen LogP contribution in [-0.2, 0) is 11.2 Å². The monoisotopic (exact) mass is 415 g/mol. The van der Waals surface area contributed by atoms with E-state index in [1.54, 1.807) is 0 Å². The molecule has 0 saturated carbocycles. The SMILES string of the molecule is COC(=O)c1nc(NC(=O)c2nc(C)sc2Cc2ccccc2)sc1C(C)C. The van der Waals surface area contributed by atoms with Gasteiger partial charge in [0.1, 0.15) is 5.69 Å². The van der Waals surface area contributed by atoms with E-state index in [4.69, 9.17) is 4.74 Å². The van der Waals surface area contributed by atoms with Gasteiger partial charge in [0, 0.05) is 16.2 Å². The quantitative estimate of drug-likeness (QED) is 0.592. The first-order valence-electron chi connectivity index (χ1n) is 8.79. The third kappa shape index (κ3) is 4.45. The van der Waals surface area contributed by atoms with Crippen molar-refractivity contribution < 1.29 is 14.3 Å². The number of rotatable bonds is 6. The molecule has 28 heavy (non-hydrogen) atoms. The highest BCUT2D eigenvalue weighted by molar-refractivity contribution is 7.16. The van der Waals surface area contributed by atoms with Crippen molar-refractivity contribution in [3.8, 4) is 0 Å². The molecular formula is C20H21N3O3S2. The summed E-state index contributed by atoms with van der Waals surface area (Å²) in [4.78, 5) is 35.2. The second kappa shape index (κ2) is 8.62. The smallest absolute Gasteiger partial charge is 0.357 e. The molecule has 0 radical (unpaired) electrons. The van der Waals surface area contributed by atoms with Crippen molar-refractivity contribution in [2.24, 2.45) is 0 Å². The molecule has 0 aliphatic rings. The van der Waals surface area contributed by atoms with Crippen LogP contribution in [0, 0.1) is 6.92 Å². The van der Waals surface area contributed by atoms with E-state index in [9.17, 15) is 9.59 Å². The number of nitrogens with zero attached hydrogens (tertiary/aromatic N) is 2. The van der Waals surface area contributed by atoms with Gasteiger partial charge >= 0.3 is 5.97 Å². The van der Waals surface area contributed by atoms with Gasteiger partial charge in [0.25, 0.3) is 5.91 Å². The molecule has 8 heteroatoms. The number of methoxy groups -OCH3 is 1. The molecule has 2 heterocycles. The maximum Gasteiger partial charge on any atom is 0.357 e. The number of hydrogen-bond donors (Lipinski definition) is 1. The Morgan fingerprint density at radius 2 is 1.82 bits per heavy atom. The van der Waals surface area contributed by atoms with Crippen molar-refractivity contribution in [2.75, 3.05) is 12.4 Å². The van der Waals surface area contributed by atoms with Gasteiger partial charge in [0.2, 0.25) is 0 Å². The Bertz CT molecular complexity index is 994. The number of esters is 1. The Labute approximate surface area is 171 Å². The zero-order chi connectivity index (χ0) is 20.3. The molecule has 1 aromatic carbocycles. The Hall–Kier alpha value is -2.58. The van der Waals surface area contributed by atoms with Gasteiger partial charge in [-0.1, -0.05) is 44.2 Å². The average Bonchev–Trinajstić information content (AvgIpc) is 3.25. The normalized spacial score (nSPS) is 10.9. The van der Waals surface area contributed by atoms with Crippen LogP contribution >= 0.6 is 22.7 Å². The van der Waals surface area contributed by atoms with E-state index in [1.165, 1.54) is 29.8 Å². The van der Waals surface area contributed by atoms with Gasteiger partial charge in [-0.2, -0.15) is 0 Å². The minimum Gasteiger partial charge on any atom is -0.464 e. The minimum atomic E-state index is -0.505. The van der Waals surface area contributed by atoms with E-state index in [2.05, 4.69) is 15.3 Å². The fourth-order valence-corrected chi connectivity index (χ4v) is 4.64. The first-order chi connectivity index (χ1) is 13.4. The number of hydrogen-bond acceptors (Lipinski definition) is 7. The van der Waals surface area contributed by atoms with Crippen molar-refractivity contribution in [1.82, 2.24) is 9.97 Å². The van der Waals surface area contributed by atoms with Crippen LogP contribution in [0.2, 0.25) is 0 Å². The molecular weight excluding hydrogens is 394 g/mol. The van der Waals surface area contributed by atoms with Crippen LogP contribution in [0.25, 0.3) is 0 Å². The Morgan fingerprint density at radius 3 is 2.46 bits per heavy atom. The summed E-state index contributed by atoms with van der Waals surface area (Å²) >= 11 is 2.79. The highest BCUT2D eigenvalue weighted by Gasteiger charge is 2.24. The van der Waals surface area contributed by atoms with Gasteiger partial charge < -0.3 is 4.74 Å². The largest absolute Gasteiger partial charge is 0.464 e. The summed E-state index contributed by atoms with van der Waals surface area (Å²) in [5.41, 5.74) is 1.76. The lowest BCUT2D eigenvalue weighted by atomic mass is 10.1. The summed E-state index contributed by atoms with van der Waals surface area (Å²) in [7, 11) is 1.32. The molecule has 0 bridgehead atoms. The summed E-state index contributed by atoms with van der Waals surface area (Å²) < 4.78 is 4.80. The molecule has 2 aromatic heterocycles. The van der Waals surface area contributed by atoms with E-state index >= 15 is 0 Å². The van der Waals surface area contributed by atoms with Crippen LogP contribution < -0.4 is 5.32 Å². The molecule has 0 spiro atoms. The van der Waals surface area contributed by atoms with Gasteiger partial charge in [-0.15, -0.1) is 22.7 Å². The maximum absolute atomic E-state index is 12.9. The molecule has 146 valence electrons. The molecule has 1 amide bonds. The van der Waals surface area contributed by atoms with Gasteiger partial charge in [-0.25, -0.2) is 14.8 Å². The maximum atomic E-state index is 12.9. The predicted octanol–water partition coefficient (Wildman–Crippen LogP) is 4.66. The number of amides is 1. The first kappa shape index (κ1) is 20.2. The third-order valence-corrected chi connectivity index (χ3v) is 6.25. The standard InChI is InChI=1S/C20H21N3O3S2/c1-11(2)17-16(19(25)26-4)22-20(28-17)23-18(24)15-14(27-12(3)21-15)10-13-8-6-5-7-9-13/h5-9,11H,10H2,1-4H3,(H,22,23,24). The van der Waals surface area contributed by atoms with Crippen LogP contribution in [0.5, 0.6) is 0 Å². The number of carbonyl (C=O) groups excluding carboxylic acids is 2. The van der Waals surface area contributed by atoms with Crippen molar-refractivity contribution in [1.29, 1.82) is 0 Å². The number of aromatic nitrogens is 2. The van der Waals surface area contributed by atoms with E-state index in [0.717, 1.165) is 20.3 Å². The highest BCUT2D eigenvalue weighted by Crippen LogP contribution is 2.31. The zero-order valence-electron chi connectivity index (χ0n) is 16.1. The van der Waals surface area contributed by atoms with E-state index in [-0.39, 0.29) is 17.5 Å². The molecule has 0 fully saturated rings. The molecule has 0 saturated heterocycles. The number of benzene rings is 1. The lowest BCUT2D eigenvalue weighted by Crippen LogP contribution is -2.14. The summed E-state index contributed by atoms with van der Waals surface area (Å²) in [6.45, 7) is 5.81. The van der Waals surface area contributed by atoms with Crippen LogP contribution in [0.1, 0.15) is 61.1 Å². The van der Waals surface area contributed by atoms with E-state index in [1.807, 2.05) is 51.1 Å². The summed E-state index contributed by atoms with van der Waals surface area (Å²) in [6.07, 6.45) is 0.637. The predicted molar refractivity (Wildman–Crippen MR) is 112 cm³/mol. The molecule has 3 aromatic rings. The third-order valence-electron chi connectivity index (χ3n) is 4.00. The number of aryl methyl sites for hydroxylation is 1. The van der Waals surface area contributed by atoms with Gasteiger partial charge in [-0.3, -0.25) is 10.1 Å². The lowest BCUT2D eigenvalue weighted by molar-refractivity contribution is 0.0593. The average molecular weight is 416 g/mol. The fraction of sp³-hybridized carbons (Fsp3) is 0.300. The number of thiazole rings is 2. The van der Waals surface area contributed by atoms with Gasteiger partial charge in [0.05, 0.1) is 12.1 Å². The van der Waals surface area contributed by atoms with Crippen molar-refractivity contribution in [3.63, 3.8) is 0 Å². The second-order valence-corrected chi connectivity index (χ2v) is 8.82. The molecule has 6 nitrogen and oxygen atoms in total. The molecule has 3 rings (SSSR count). The van der Waals surface area contributed by atoms with Crippen molar-refractivity contribution in [3.05, 3.63) is 62.0 Å². The topological polar surface area (TPSA) is 81.2 Å². The Kier molecular flexibility index (Phi) is 6.21. The van der Waals surface area contributed by atoms with Gasteiger partial charge in [0.15, 0.2) is 10.8 Å². The minimum absolute atomic E-state index is 0.0902. The number of nitrogens with one attached hydrogen (secondary N) is 1. The molecule has 0 atom stereocenters. The van der Waals surface area contributed by atoms with Crippen LogP contribution in [0.3, 0.4) is 0 Å². The molecule has 0 aliphatic heterocycles. The highest BCUT2D eigenvalue weighted by atomic mass is 32.1. The van der Waals surface area contributed by atoms with Crippen molar-refractivity contribution >= 4 is 39.7 Å². The Morgan fingerprint density at radius 1 is 1.11 bits per heavy atom. The van der Waals surface area contributed by atoms with Crippen molar-refractivity contribution in [2.45, 2.75) is 33.1 Å². The molecule has 1 N–H and O–H groups in total. The second-order valence-electron chi connectivity index (χ2n) is 6.50. The number of anilines is 1. The fourth-order valence-electron chi connectivity index (χ4n) is 2.72. The zero-order valence-corrected chi connectivity index (χ0v) is 17.7. The van der Waals surface area contributed by atoms with Crippen LogP contribution in [0.4, 0.5) is 5.13 Å². The summed E-state index contributed by atoms with van der Waals surface area (Å²) in [5, 5.41) is 3.99. The van der Waals surface area contributed by atoms with Gasteiger partial charge in [-0.05, 0) is 18.4 Å². The molecule has 0 aliphatic carbocycles. The van der Waals surface area contributed by atoms with E-state index < -0.39 is 5.97 Å². The lowest BCUT2D eigenvalue weighted by Gasteiger charge is -2.03. The van der Waals surface area contributed by atoms with E-state index in [0.29, 0.717) is 17.2 Å². The van der Waals surface area contributed by atoms with Crippen LogP contribution in [0.15, 0.2) is 30.3 Å². The van der Waals surface area contributed by atoms with Crippen LogP contribution in [-0.4, -0.2) is 29.0 Å². The Balaban J connectivity index is 1.85. The number of carbonyl (C=O) groups is 2. The molecule has 0 unspecified atom stereocenters. The number of ether oxygens (including phenoxy) is 1. The summed E-state index contributed by atoms with van der Waals surface area (Å²) in [6, 6.07) is 9.95. The first-order valence-corrected chi connectivity index (χ1v) is 10.4. The summed E-state index contributed by atoms with van der Waals surface area (Å²) in [5.74, 6) is -0.738.